The van der Waals surface area contributed by atoms with E-state index in [1.807, 2.05) is 13.8 Å². The predicted molar refractivity (Wildman–Crippen MR) is 100 cm³/mol. The Hall–Kier alpha value is -1.83. The number of amides is 3. The lowest BCUT2D eigenvalue weighted by Crippen LogP contribution is -2.55. The number of carboxylic acids is 1. The number of carboxylic acid groups (broad SMARTS) is 1. The zero-order valence-corrected chi connectivity index (χ0v) is 16.7. The van der Waals surface area contributed by atoms with Gasteiger partial charge in [-0.1, -0.05) is 13.8 Å². The lowest BCUT2D eigenvalue weighted by molar-refractivity contribution is -0.160. The number of nitrogens with one attached hydrogen (secondary N) is 1. The number of methoxy groups -OCH3 is 1. The van der Waals surface area contributed by atoms with Gasteiger partial charge in [0.2, 0.25) is 5.91 Å². The third-order valence-electron chi connectivity index (χ3n) is 5.48. The molecule has 0 aromatic rings. The van der Waals surface area contributed by atoms with Crippen LogP contribution in [0.1, 0.15) is 39.5 Å². The van der Waals surface area contributed by atoms with Crippen molar-refractivity contribution in [2.45, 2.75) is 39.5 Å². The lowest BCUT2D eigenvalue weighted by atomic mass is 9.80. The van der Waals surface area contributed by atoms with E-state index in [2.05, 4.69) is 5.32 Å². The lowest BCUT2D eigenvalue weighted by Gasteiger charge is -2.42. The molecule has 27 heavy (non-hydrogen) atoms. The average Bonchev–Trinajstić information content (AvgIpc) is 2.65. The molecule has 2 unspecified atom stereocenters. The van der Waals surface area contributed by atoms with Gasteiger partial charge in [-0.3, -0.25) is 9.59 Å². The maximum atomic E-state index is 13.0. The van der Waals surface area contributed by atoms with E-state index in [4.69, 9.17) is 4.74 Å². The van der Waals surface area contributed by atoms with Crippen LogP contribution in [0, 0.1) is 17.3 Å². The second-order valence-electron chi connectivity index (χ2n) is 8.25. The van der Waals surface area contributed by atoms with Crippen molar-refractivity contribution in [1.82, 2.24) is 15.1 Å². The van der Waals surface area contributed by atoms with Gasteiger partial charge in [-0.2, -0.15) is 0 Å². The average molecular weight is 383 g/mol. The van der Waals surface area contributed by atoms with E-state index in [-0.39, 0.29) is 31.0 Å². The molecule has 2 N–H and O–H groups in total. The Morgan fingerprint density at radius 1 is 1.22 bits per heavy atom. The summed E-state index contributed by atoms with van der Waals surface area (Å²) in [5.41, 5.74) is -1.04. The second-order valence-corrected chi connectivity index (χ2v) is 8.25. The monoisotopic (exact) mass is 383 g/mol. The Morgan fingerprint density at radius 3 is 2.56 bits per heavy atom. The van der Waals surface area contributed by atoms with E-state index >= 15 is 0 Å². The number of hydrogen-bond donors (Lipinski definition) is 2. The molecule has 154 valence electrons. The number of likely N-dealkylation sites (tertiary alicyclic amines) is 2. The molecular weight excluding hydrogens is 350 g/mol. The van der Waals surface area contributed by atoms with Crippen molar-refractivity contribution in [3.05, 3.63) is 0 Å². The highest BCUT2D eigenvalue weighted by molar-refractivity contribution is 5.82. The van der Waals surface area contributed by atoms with Gasteiger partial charge < -0.3 is 25.0 Å². The first kappa shape index (κ1) is 21.5. The Bertz CT molecular complexity index is 549. The van der Waals surface area contributed by atoms with Crippen molar-refractivity contribution in [1.29, 1.82) is 0 Å². The number of nitrogens with zero attached hydrogens (tertiary/aromatic N) is 2. The van der Waals surface area contributed by atoms with Crippen molar-refractivity contribution in [3.63, 3.8) is 0 Å². The van der Waals surface area contributed by atoms with Crippen LogP contribution in [-0.2, 0) is 14.3 Å². The van der Waals surface area contributed by atoms with Crippen LogP contribution in [0.2, 0.25) is 0 Å². The summed E-state index contributed by atoms with van der Waals surface area (Å²) >= 11 is 0. The van der Waals surface area contributed by atoms with Crippen molar-refractivity contribution in [3.8, 4) is 0 Å². The number of piperidine rings is 2. The quantitative estimate of drug-likeness (QED) is 0.722. The van der Waals surface area contributed by atoms with Crippen LogP contribution in [0.3, 0.4) is 0 Å². The van der Waals surface area contributed by atoms with Crippen molar-refractivity contribution < 1.29 is 24.2 Å². The molecule has 0 saturated carbocycles. The first-order valence-corrected chi connectivity index (χ1v) is 9.83. The molecule has 8 heteroatoms. The molecule has 2 fully saturated rings. The molecule has 2 atom stereocenters. The van der Waals surface area contributed by atoms with Crippen molar-refractivity contribution in [2.75, 3.05) is 46.4 Å². The third-order valence-corrected chi connectivity index (χ3v) is 5.48. The summed E-state index contributed by atoms with van der Waals surface area (Å²) in [4.78, 5) is 40.5. The van der Waals surface area contributed by atoms with Gasteiger partial charge in [-0.25, -0.2) is 4.79 Å². The summed E-state index contributed by atoms with van der Waals surface area (Å²) in [6, 6.07) is -0.126. The number of urea groups is 1. The Balaban J connectivity index is 1.99. The van der Waals surface area contributed by atoms with Gasteiger partial charge in [0.25, 0.3) is 0 Å². The SMILES string of the molecule is COCC1(C(=O)O)CCCN(C(=O)C2CCCN(C(=O)NCC(C)C)C2)C1. The number of ether oxygens (including phenoxy) is 1. The first-order valence-electron chi connectivity index (χ1n) is 9.83. The molecule has 0 radical (unpaired) electrons. The highest BCUT2D eigenvalue weighted by Gasteiger charge is 2.45. The maximum absolute atomic E-state index is 13.0. The third kappa shape index (κ3) is 5.34. The number of rotatable bonds is 6. The number of carbonyl (C=O) groups is 3. The minimum atomic E-state index is -1.04. The predicted octanol–water partition coefficient (Wildman–Crippen LogP) is 1.40. The summed E-state index contributed by atoms with van der Waals surface area (Å²) in [6.07, 6.45) is 2.66. The van der Waals surface area contributed by atoms with E-state index < -0.39 is 11.4 Å². The van der Waals surface area contributed by atoms with Gasteiger partial charge in [0.1, 0.15) is 5.41 Å². The Kier molecular flexibility index (Phi) is 7.47. The molecular formula is C19H33N3O5. The molecule has 2 saturated heterocycles. The van der Waals surface area contributed by atoms with E-state index in [0.29, 0.717) is 44.9 Å². The van der Waals surface area contributed by atoms with E-state index in [1.54, 1.807) is 9.80 Å². The minimum Gasteiger partial charge on any atom is -0.481 e. The highest BCUT2D eigenvalue weighted by atomic mass is 16.5. The molecule has 2 heterocycles. The van der Waals surface area contributed by atoms with E-state index in [9.17, 15) is 19.5 Å². The zero-order chi connectivity index (χ0) is 20.0. The molecule has 0 spiro atoms. The topological polar surface area (TPSA) is 99.2 Å². The first-order chi connectivity index (χ1) is 12.8. The summed E-state index contributed by atoms with van der Waals surface area (Å²) in [5, 5.41) is 12.6. The molecule has 0 aromatic carbocycles. The standard InChI is InChI=1S/C19H33N3O5/c1-14(2)10-20-18(26)21-8-4-6-15(11-21)16(23)22-9-5-7-19(12-22,13-27-3)17(24)25/h14-15H,4-13H2,1-3H3,(H,20,26)(H,24,25). The molecule has 0 aromatic heterocycles. The van der Waals surface area contributed by atoms with E-state index in [0.717, 1.165) is 12.8 Å². The minimum absolute atomic E-state index is 0.0437. The number of hydrogen-bond acceptors (Lipinski definition) is 4. The Labute approximate surface area is 161 Å². The van der Waals surface area contributed by atoms with Gasteiger partial charge >= 0.3 is 12.0 Å². The van der Waals surface area contributed by atoms with Crippen LogP contribution in [0.5, 0.6) is 0 Å². The van der Waals surface area contributed by atoms with Crippen LogP contribution in [-0.4, -0.2) is 79.3 Å². The van der Waals surface area contributed by atoms with Crippen LogP contribution in [0.25, 0.3) is 0 Å². The molecule has 0 bridgehead atoms. The molecule has 0 aliphatic carbocycles. The van der Waals surface area contributed by atoms with Crippen LogP contribution in [0.15, 0.2) is 0 Å². The van der Waals surface area contributed by atoms with Gasteiger partial charge in [-0.15, -0.1) is 0 Å². The van der Waals surface area contributed by atoms with Gasteiger partial charge in [0.05, 0.1) is 12.5 Å². The van der Waals surface area contributed by atoms with Crippen LogP contribution in [0.4, 0.5) is 4.79 Å². The molecule has 3 amide bonds. The zero-order valence-electron chi connectivity index (χ0n) is 16.7. The molecule has 2 aliphatic rings. The van der Waals surface area contributed by atoms with Crippen LogP contribution < -0.4 is 5.32 Å². The molecule has 2 rings (SSSR count). The fraction of sp³-hybridized carbons (Fsp3) is 0.842. The number of aliphatic carboxylic acids is 1. The van der Waals surface area contributed by atoms with Crippen molar-refractivity contribution >= 4 is 17.9 Å². The van der Waals surface area contributed by atoms with Gasteiger partial charge in [0, 0.05) is 39.8 Å². The van der Waals surface area contributed by atoms with Gasteiger partial charge in [0.15, 0.2) is 0 Å². The second kappa shape index (κ2) is 9.39. The molecule has 2 aliphatic heterocycles. The summed E-state index contributed by atoms with van der Waals surface area (Å²) < 4.78 is 5.13. The largest absolute Gasteiger partial charge is 0.481 e. The summed E-state index contributed by atoms with van der Waals surface area (Å²) in [6.45, 7) is 6.55. The van der Waals surface area contributed by atoms with Crippen LogP contribution >= 0.6 is 0 Å². The highest BCUT2D eigenvalue weighted by Crippen LogP contribution is 2.32. The van der Waals surface area contributed by atoms with E-state index in [1.165, 1.54) is 7.11 Å². The fourth-order valence-corrected chi connectivity index (χ4v) is 3.97. The smallest absolute Gasteiger partial charge is 0.317 e. The normalized spacial score (nSPS) is 26.1. The summed E-state index contributed by atoms with van der Waals surface area (Å²) in [5.74, 6) is -0.858. The molecule has 8 nitrogen and oxygen atoms in total. The summed E-state index contributed by atoms with van der Waals surface area (Å²) in [7, 11) is 1.49. The number of carbonyl (C=O) groups excluding carboxylic acids is 2. The van der Waals surface area contributed by atoms with Gasteiger partial charge in [-0.05, 0) is 31.6 Å². The van der Waals surface area contributed by atoms with Crippen molar-refractivity contribution in [2.24, 2.45) is 17.3 Å². The Morgan fingerprint density at radius 2 is 1.93 bits per heavy atom. The fourth-order valence-electron chi connectivity index (χ4n) is 3.97. The maximum Gasteiger partial charge on any atom is 0.317 e.